The molecule has 1 heterocycles. The molecule has 1 aliphatic rings. The standard InChI is InChI=1S/C17H27NO/c1-14-11-15(2)13-16(12-14)17(19)7-10-18-8-5-3-4-6-9-18/h11-13,17,19H,3-10H2,1-2H3. The molecule has 2 heteroatoms. The van der Waals surface area contributed by atoms with Crippen LogP contribution in [0.15, 0.2) is 18.2 Å². The van der Waals surface area contributed by atoms with Crippen LogP contribution in [0.4, 0.5) is 0 Å². The van der Waals surface area contributed by atoms with Crippen molar-refractivity contribution < 1.29 is 5.11 Å². The predicted molar refractivity (Wildman–Crippen MR) is 80.4 cm³/mol. The third kappa shape index (κ3) is 4.63. The van der Waals surface area contributed by atoms with E-state index < -0.39 is 0 Å². The number of hydrogen-bond acceptors (Lipinski definition) is 2. The van der Waals surface area contributed by atoms with Gasteiger partial charge in [-0.05, 0) is 51.8 Å². The molecule has 1 saturated heterocycles. The molecular weight excluding hydrogens is 234 g/mol. The number of nitrogens with zero attached hydrogens (tertiary/aromatic N) is 1. The molecule has 19 heavy (non-hydrogen) atoms. The molecule has 106 valence electrons. The number of likely N-dealkylation sites (tertiary alicyclic amines) is 1. The Hall–Kier alpha value is -0.860. The highest BCUT2D eigenvalue weighted by atomic mass is 16.3. The summed E-state index contributed by atoms with van der Waals surface area (Å²) in [5.74, 6) is 0. The lowest BCUT2D eigenvalue weighted by Gasteiger charge is -2.21. The maximum Gasteiger partial charge on any atom is 0.0802 e. The van der Waals surface area contributed by atoms with Crippen molar-refractivity contribution >= 4 is 0 Å². The molecule has 1 aromatic carbocycles. The van der Waals surface area contributed by atoms with Gasteiger partial charge >= 0.3 is 0 Å². The lowest BCUT2D eigenvalue weighted by atomic mass is 10.0. The average molecular weight is 261 g/mol. The SMILES string of the molecule is Cc1cc(C)cc(C(O)CCN2CCCCCC2)c1. The second kappa shape index (κ2) is 7.06. The van der Waals surface area contributed by atoms with Gasteiger partial charge in [-0.15, -0.1) is 0 Å². The fourth-order valence-corrected chi connectivity index (χ4v) is 3.03. The first-order valence-corrected chi connectivity index (χ1v) is 7.64. The Kier molecular flexibility index (Phi) is 5.41. The molecule has 0 spiro atoms. The van der Waals surface area contributed by atoms with E-state index in [1.165, 1.54) is 49.9 Å². The van der Waals surface area contributed by atoms with Gasteiger partial charge in [0.05, 0.1) is 6.10 Å². The quantitative estimate of drug-likeness (QED) is 0.895. The normalized spacial score (nSPS) is 19.1. The summed E-state index contributed by atoms with van der Waals surface area (Å²) in [4.78, 5) is 2.51. The maximum absolute atomic E-state index is 10.3. The van der Waals surface area contributed by atoms with E-state index in [1.807, 2.05) is 0 Å². The highest BCUT2D eigenvalue weighted by Gasteiger charge is 2.13. The van der Waals surface area contributed by atoms with Crippen LogP contribution in [0.2, 0.25) is 0 Å². The van der Waals surface area contributed by atoms with Crippen molar-refractivity contribution in [2.24, 2.45) is 0 Å². The Morgan fingerprint density at radius 2 is 1.58 bits per heavy atom. The fraction of sp³-hybridized carbons (Fsp3) is 0.647. The molecule has 0 aliphatic carbocycles. The third-order valence-electron chi connectivity index (χ3n) is 4.05. The molecule has 1 N–H and O–H groups in total. The molecule has 1 aromatic rings. The van der Waals surface area contributed by atoms with E-state index in [9.17, 15) is 5.11 Å². The zero-order valence-corrected chi connectivity index (χ0v) is 12.4. The van der Waals surface area contributed by atoms with Crippen molar-refractivity contribution in [3.8, 4) is 0 Å². The van der Waals surface area contributed by atoms with Gasteiger partial charge in [0.2, 0.25) is 0 Å². The summed E-state index contributed by atoms with van der Waals surface area (Å²) in [7, 11) is 0. The van der Waals surface area contributed by atoms with Gasteiger partial charge in [-0.1, -0.05) is 42.2 Å². The second-order valence-electron chi connectivity index (χ2n) is 5.98. The lowest BCUT2D eigenvalue weighted by molar-refractivity contribution is 0.143. The summed E-state index contributed by atoms with van der Waals surface area (Å²) in [5.41, 5.74) is 3.56. The Bertz CT molecular complexity index is 374. The van der Waals surface area contributed by atoms with Crippen molar-refractivity contribution in [2.45, 2.75) is 52.1 Å². The first-order chi connectivity index (χ1) is 9.15. The number of hydrogen-bond donors (Lipinski definition) is 1. The molecule has 2 rings (SSSR count). The molecule has 0 aromatic heterocycles. The molecular formula is C17H27NO. The molecule has 0 saturated carbocycles. The van der Waals surface area contributed by atoms with Crippen LogP contribution in [0.3, 0.4) is 0 Å². The fourth-order valence-electron chi connectivity index (χ4n) is 3.03. The van der Waals surface area contributed by atoms with Crippen LogP contribution in [0, 0.1) is 13.8 Å². The second-order valence-corrected chi connectivity index (χ2v) is 5.98. The maximum atomic E-state index is 10.3. The van der Waals surface area contributed by atoms with Crippen LogP contribution in [0.5, 0.6) is 0 Å². The zero-order chi connectivity index (χ0) is 13.7. The van der Waals surface area contributed by atoms with Gasteiger partial charge in [0.1, 0.15) is 0 Å². The number of benzene rings is 1. The topological polar surface area (TPSA) is 23.5 Å². The summed E-state index contributed by atoms with van der Waals surface area (Å²) < 4.78 is 0. The minimum absolute atomic E-state index is 0.318. The molecule has 2 nitrogen and oxygen atoms in total. The lowest BCUT2D eigenvalue weighted by Crippen LogP contribution is -2.26. The number of aliphatic hydroxyl groups is 1. The van der Waals surface area contributed by atoms with Crippen LogP contribution < -0.4 is 0 Å². The Labute approximate surface area is 117 Å². The Morgan fingerprint density at radius 3 is 2.16 bits per heavy atom. The van der Waals surface area contributed by atoms with Gasteiger partial charge in [0, 0.05) is 6.54 Å². The molecule has 1 atom stereocenters. The monoisotopic (exact) mass is 261 g/mol. The Balaban J connectivity index is 1.87. The van der Waals surface area contributed by atoms with Crippen LogP contribution in [-0.2, 0) is 0 Å². The van der Waals surface area contributed by atoms with Crippen molar-refractivity contribution in [1.29, 1.82) is 0 Å². The molecule has 0 radical (unpaired) electrons. The van der Waals surface area contributed by atoms with Gasteiger partial charge in [0.25, 0.3) is 0 Å². The molecule has 1 aliphatic heterocycles. The summed E-state index contributed by atoms with van der Waals surface area (Å²) in [6.07, 6.45) is 5.91. The van der Waals surface area contributed by atoms with Crippen LogP contribution >= 0.6 is 0 Å². The van der Waals surface area contributed by atoms with E-state index in [0.29, 0.717) is 0 Å². The minimum atomic E-state index is -0.318. The highest BCUT2D eigenvalue weighted by Crippen LogP contribution is 2.21. The largest absolute Gasteiger partial charge is 0.388 e. The van der Waals surface area contributed by atoms with Crippen LogP contribution in [0.25, 0.3) is 0 Å². The first kappa shape index (κ1) is 14.5. The van der Waals surface area contributed by atoms with E-state index in [2.05, 4.69) is 36.9 Å². The zero-order valence-electron chi connectivity index (χ0n) is 12.4. The van der Waals surface area contributed by atoms with Crippen molar-refractivity contribution in [3.63, 3.8) is 0 Å². The van der Waals surface area contributed by atoms with E-state index in [1.54, 1.807) is 0 Å². The van der Waals surface area contributed by atoms with E-state index >= 15 is 0 Å². The number of aryl methyl sites for hydroxylation is 2. The average Bonchev–Trinajstić information content (AvgIpc) is 2.63. The molecule has 1 unspecified atom stereocenters. The van der Waals surface area contributed by atoms with Crippen molar-refractivity contribution in [1.82, 2.24) is 4.90 Å². The van der Waals surface area contributed by atoms with Gasteiger partial charge in [-0.25, -0.2) is 0 Å². The van der Waals surface area contributed by atoms with Gasteiger partial charge in [0.15, 0.2) is 0 Å². The van der Waals surface area contributed by atoms with Gasteiger partial charge in [-0.2, -0.15) is 0 Å². The highest BCUT2D eigenvalue weighted by molar-refractivity contribution is 5.29. The smallest absolute Gasteiger partial charge is 0.0802 e. The minimum Gasteiger partial charge on any atom is -0.388 e. The summed E-state index contributed by atoms with van der Waals surface area (Å²) >= 11 is 0. The predicted octanol–water partition coefficient (Wildman–Crippen LogP) is 3.60. The molecule has 0 amide bonds. The summed E-state index contributed by atoms with van der Waals surface area (Å²) in [5, 5.41) is 10.3. The van der Waals surface area contributed by atoms with E-state index in [4.69, 9.17) is 0 Å². The van der Waals surface area contributed by atoms with Crippen LogP contribution in [-0.4, -0.2) is 29.6 Å². The van der Waals surface area contributed by atoms with Crippen LogP contribution in [0.1, 0.15) is 54.9 Å². The molecule has 0 bridgehead atoms. The molecule has 1 fully saturated rings. The summed E-state index contributed by atoms with van der Waals surface area (Å²) in [6, 6.07) is 6.38. The van der Waals surface area contributed by atoms with Crippen molar-refractivity contribution in [3.05, 3.63) is 34.9 Å². The summed E-state index contributed by atoms with van der Waals surface area (Å²) in [6.45, 7) is 7.63. The van der Waals surface area contributed by atoms with Crippen molar-refractivity contribution in [2.75, 3.05) is 19.6 Å². The first-order valence-electron chi connectivity index (χ1n) is 7.64. The van der Waals surface area contributed by atoms with Gasteiger partial charge < -0.3 is 10.0 Å². The Morgan fingerprint density at radius 1 is 1.00 bits per heavy atom. The van der Waals surface area contributed by atoms with E-state index in [-0.39, 0.29) is 6.10 Å². The number of aliphatic hydroxyl groups excluding tert-OH is 1. The van der Waals surface area contributed by atoms with E-state index in [0.717, 1.165) is 18.5 Å². The number of rotatable bonds is 4. The van der Waals surface area contributed by atoms with Gasteiger partial charge in [-0.3, -0.25) is 0 Å². The third-order valence-corrected chi connectivity index (χ3v) is 4.05.